The first kappa shape index (κ1) is 19.3. The second-order valence-electron chi connectivity index (χ2n) is 5.59. The number of carbonyl (C=O) groups excluding carboxylic acids is 1. The van der Waals surface area contributed by atoms with E-state index in [0.29, 0.717) is 27.5 Å². The first-order chi connectivity index (χ1) is 11.8. The summed E-state index contributed by atoms with van der Waals surface area (Å²) < 4.78 is 11.9. The van der Waals surface area contributed by atoms with E-state index in [9.17, 15) is 4.79 Å². The number of benzene rings is 2. The summed E-state index contributed by atoms with van der Waals surface area (Å²) in [6.07, 6.45) is -0.670. The standard InChI is InChI=1S/C19H19BrClNO3/c1-12(2)11-24-16-7-5-15(6-8-16)22-19(23)13(3)25-18-9-4-14(21)10-17(18)20/h4-10,13H,1,11H2,2-3H3,(H,22,23). The Hall–Kier alpha value is -1.98. The summed E-state index contributed by atoms with van der Waals surface area (Å²) in [5.74, 6) is 1.02. The molecule has 1 N–H and O–H groups in total. The minimum absolute atomic E-state index is 0.252. The molecule has 0 spiro atoms. The third-order valence-corrected chi connectivity index (χ3v) is 4.03. The van der Waals surface area contributed by atoms with Crippen LogP contribution in [-0.4, -0.2) is 18.6 Å². The second kappa shape index (κ2) is 8.92. The Balaban J connectivity index is 1.93. The normalized spacial score (nSPS) is 11.5. The number of carbonyl (C=O) groups is 1. The van der Waals surface area contributed by atoms with Crippen molar-refractivity contribution in [3.05, 3.63) is 64.1 Å². The van der Waals surface area contributed by atoms with Gasteiger partial charge in [-0.05, 0) is 77.8 Å². The molecule has 0 saturated heterocycles. The van der Waals surface area contributed by atoms with Gasteiger partial charge in [0.15, 0.2) is 6.10 Å². The van der Waals surface area contributed by atoms with E-state index >= 15 is 0 Å². The van der Waals surface area contributed by atoms with Crippen LogP contribution in [0.1, 0.15) is 13.8 Å². The van der Waals surface area contributed by atoms with Gasteiger partial charge in [-0.3, -0.25) is 4.79 Å². The Bertz CT molecular complexity index is 762. The molecule has 2 aromatic carbocycles. The largest absolute Gasteiger partial charge is 0.489 e. The van der Waals surface area contributed by atoms with Gasteiger partial charge in [0.05, 0.1) is 4.47 Å². The van der Waals surface area contributed by atoms with Crippen LogP contribution in [0.5, 0.6) is 11.5 Å². The van der Waals surface area contributed by atoms with Crippen molar-refractivity contribution in [1.29, 1.82) is 0 Å². The molecule has 0 bridgehead atoms. The zero-order valence-electron chi connectivity index (χ0n) is 14.0. The van der Waals surface area contributed by atoms with E-state index in [1.165, 1.54) is 0 Å². The molecule has 0 aliphatic carbocycles. The smallest absolute Gasteiger partial charge is 0.265 e. The topological polar surface area (TPSA) is 47.6 Å². The van der Waals surface area contributed by atoms with Gasteiger partial charge in [0.2, 0.25) is 0 Å². The Morgan fingerprint density at radius 1 is 1.28 bits per heavy atom. The van der Waals surface area contributed by atoms with E-state index in [0.717, 1.165) is 11.3 Å². The van der Waals surface area contributed by atoms with E-state index < -0.39 is 6.10 Å². The summed E-state index contributed by atoms with van der Waals surface area (Å²) in [4.78, 5) is 12.3. The van der Waals surface area contributed by atoms with Crippen molar-refractivity contribution < 1.29 is 14.3 Å². The molecule has 6 heteroatoms. The number of ether oxygens (including phenoxy) is 2. The summed E-state index contributed by atoms with van der Waals surface area (Å²) in [5, 5.41) is 3.39. The van der Waals surface area contributed by atoms with Gasteiger partial charge in [0, 0.05) is 10.7 Å². The molecule has 1 amide bonds. The van der Waals surface area contributed by atoms with Gasteiger partial charge in [-0.25, -0.2) is 0 Å². The summed E-state index contributed by atoms with van der Waals surface area (Å²) in [6, 6.07) is 12.3. The fourth-order valence-electron chi connectivity index (χ4n) is 1.90. The van der Waals surface area contributed by atoms with Gasteiger partial charge < -0.3 is 14.8 Å². The average molecular weight is 425 g/mol. The second-order valence-corrected chi connectivity index (χ2v) is 6.89. The molecular weight excluding hydrogens is 406 g/mol. The van der Waals surface area contributed by atoms with E-state index in [-0.39, 0.29) is 5.91 Å². The van der Waals surface area contributed by atoms with Crippen LogP contribution in [0.4, 0.5) is 5.69 Å². The zero-order valence-corrected chi connectivity index (χ0v) is 16.4. The van der Waals surface area contributed by atoms with Crippen molar-refractivity contribution in [2.75, 3.05) is 11.9 Å². The Morgan fingerprint density at radius 3 is 2.56 bits per heavy atom. The van der Waals surface area contributed by atoms with Gasteiger partial charge in [-0.1, -0.05) is 18.2 Å². The Kier molecular flexibility index (Phi) is 6.91. The molecule has 1 unspecified atom stereocenters. The van der Waals surface area contributed by atoms with Crippen molar-refractivity contribution in [2.24, 2.45) is 0 Å². The van der Waals surface area contributed by atoms with Crippen molar-refractivity contribution in [1.82, 2.24) is 0 Å². The molecule has 1 atom stereocenters. The highest BCUT2D eigenvalue weighted by Crippen LogP contribution is 2.29. The highest BCUT2D eigenvalue weighted by molar-refractivity contribution is 9.10. The highest BCUT2D eigenvalue weighted by atomic mass is 79.9. The van der Waals surface area contributed by atoms with Crippen molar-refractivity contribution >= 4 is 39.1 Å². The van der Waals surface area contributed by atoms with Crippen LogP contribution in [0.2, 0.25) is 5.02 Å². The number of nitrogens with one attached hydrogen (secondary N) is 1. The molecule has 25 heavy (non-hydrogen) atoms. The van der Waals surface area contributed by atoms with Gasteiger partial charge in [0.1, 0.15) is 18.1 Å². The van der Waals surface area contributed by atoms with E-state index in [4.69, 9.17) is 21.1 Å². The molecule has 0 radical (unpaired) electrons. The van der Waals surface area contributed by atoms with Gasteiger partial charge in [0.25, 0.3) is 5.91 Å². The minimum atomic E-state index is -0.670. The van der Waals surface area contributed by atoms with Crippen LogP contribution in [0.25, 0.3) is 0 Å². The third kappa shape index (κ3) is 6.11. The van der Waals surface area contributed by atoms with Crippen molar-refractivity contribution in [2.45, 2.75) is 20.0 Å². The summed E-state index contributed by atoms with van der Waals surface area (Å²) in [5.41, 5.74) is 1.61. The number of hydrogen-bond acceptors (Lipinski definition) is 3. The average Bonchev–Trinajstić information content (AvgIpc) is 2.56. The first-order valence-electron chi connectivity index (χ1n) is 7.65. The molecule has 2 rings (SSSR count). The van der Waals surface area contributed by atoms with Crippen LogP contribution in [0, 0.1) is 0 Å². The van der Waals surface area contributed by atoms with Crippen LogP contribution in [-0.2, 0) is 4.79 Å². The van der Waals surface area contributed by atoms with Crippen LogP contribution >= 0.6 is 27.5 Å². The van der Waals surface area contributed by atoms with Gasteiger partial charge in [-0.2, -0.15) is 0 Å². The number of rotatable bonds is 7. The zero-order chi connectivity index (χ0) is 18.4. The lowest BCUT2D eigenvalue weighted by atomic mass is 10.2. The molecule has 4 nitrogen and oxygen atoms in total. The Morgan fingerprint density at radius 2 is 1.96 bits per heavy atom. The molecule has 0 fully saturated rings. The lowest BCUT2D eigenvalue weighted by molar-refractivity contribution is -0.122. The van der Waals surface area contributed by atoms with Crippen molar-refractivity contribution in [3.8, 4) is 11.5 Å². The van der Waals surface area contributed by atoms with E-state index in [2.05, 4.69) is 27.8 Å². The molecule has 0 aliphatic rings. The fraction of sp³-hybridized carbons (Fsp3) is 0.211. The van der Waals surface area contributed by atoms with Crippen LogP contribution in [0.3, 0.4) is 0 Å². The molecule has 2 aromatic rings. The summed E-state index contributed by atoms with van der Waals surface area (Å²) in [7, 11) is 0. The van der Waals surface area contributed by atoms with Crippen LogP contribution < -0.4 is 14.8 Å². The number of hydrogen-bond donors (Lipinski definition) is 1. The molecule has 132 valence electrons. The maximum atomic E-state index is 12.3. The fourth-order valence-corrected chi connectivity index (χ4v) is 2.68. The number of amides is 1. The number of anilines is 1. The Labute approximate surface area is 160 Å². The predicted molar refractivity (Wildman–Crippen MR) is 105 cm³/mol. The molecule has 0 aliphatic heterocycles. The first-order valence-corrected chi connectivity index (χ1v) is 8.82. The van der Waals surface area contributed by atoms with E-state index in [1.54, 1.807) is 49.4 Å². The molecular formula is C19H19BrClNO3. The minimum Gasteiger partial charge on any atom is -0.489 e. The lowest BCUT2D eigenvalue weighted by Gasteiger charge is -2.16. The quantitative estimate of drug-likeness (QED) is 0.600. The van der Waals surface area contributed by atoms with Gasteiger partial charge in [-0.15, -0.1) is 0 Å². The molecule has 0 aromatic heterocycles. The maximum absolute atomic E-state index is 12.3. The highest BCUT2D eigenvalue weighted by Gasteiger charge is 2.16. The maximum Gasteiger partial charge on any atom is 0.265 e. The number of halogens is 2. The van der Waals surface area contributed by atoms with Gasteiger partial charge >= 0.3 is 0 Å². The third-order valence-electron chi connectivity index (χ3n) is 3.17. The predicted octanol–water partition coefficient (Wildman–Crippen LogP) is 5.46. The summed E-state index contributed by atoms with van der Waals surface area (Å²) in [6.45, 7) is 7.83. The van der Waals surface area contributed by atoms with E-state index in [1.807, 2.05) is 6.92 Å². The van der Waals surface area contributed by atoms with Crippen molar-refractivity contribution in [3.63, 3.8) is 0 Å². The molecule has 0 saturated carbocycles. The lowest BCUT2D eigenvalue weighted by Crippen LogP contribution is -2.30. The monoisotopic (exact) mass is 423 g/mol. The summed E-state index contributed by atoms with van der Waals surface area (Å²) >= 11 is 9.26. The van der Waals surface area contributed by atoms with Crippen LogP contribution in [0.15, 0.2) is 59.1 Å². The SMILES string of the molecule is C=C(C)COc1ccc(NC(=O)C(C)Oc2ccc(Cl)cc2Br)cc1. The molecule has 0 heterocycles.